The number of carboxylic acids is 1. The summed E-state index contributed by atoms with van der Waals surface area (Å²) in [6.07, 6.45) is 0.150. The van der Waals surface area contributed by atoms with Crippen molar-refractivity contribution in [3.8, 4) is 0 Å². The maximum Gasteiger partial charge on any atom is 0.326 e. The van der Waals surface area contributed by atoms with Gasteiger partial charge in [0.15, 0.2) is 0 Å². The molecule has 0 saturated carbocycles. The highest BCUT2D eigenvalue weighted by Gasteiger charge is 2.27. The number of carbonyl (C=O) groups is 5. The highest BCUT2D eigenvalue weighted by Crippen LogP contribution is 2.07. The number of amides is 4. The van der Waals surface area contributed by atoms with E-state index >= 15 is 0 Å². The number of aliphatic carboxylic acids is 1. The fourth-order valence-corrected chi connectivity index (χ4v) is 3.02. The second-order valence-electron chi connectivity index (χ2n) is 8.17. The van der Waals surface area contributed by atoms with E-state index < -0.39 is 54.3 Å². The molecule has 11 nitrogen and oxygen atoms in total. The molecule has 0 heterocycles. The van der Waals surface area contributed by atoms with Crippen molar-refractivity contribution in [2.75, 3.05) is 6.54 Å². The number of primary amides is 1. The van der Waals surface area contributed by atoms with Crippen LogP contribution in [0.3, 0.4) is 0 Å². The molecule has 3 atom stereocenters. The highest BCUT2D eigenvalue weighted by atomic mass is 16.4. The number of hydrogen-bond acceptors (Lipinski definition) is 6. The van der Waals surface area contributed by atoms with Crippen molar-refractivity contribution in [2.24, 2.45) is 17.4 Å². The summed E-state index contributed by atoms with van der Waals surface area (Å²) in [5.41, 5.74) is 11.8. The van der Waals surface area contributed by atoms with E-state index in [1.54, 1.807) is 0 Å². The van der Waals surface area contributed by atoms with Crippen molar-refractivity contribution in [1.82, 2.24) is 16.0 Å². The molecule has 0 aliphatic carbocycles. The van der Waals surface area contributed by atoms with E-state index in [2.05, 4.69) is 16.0 Å². The van der Waals surface area contributed by atoms with Crippen molar-refractivity contribution in [3.63, 3.8) is 0 Å². The summed E-state index contributed by atoms with van der Waals surface area (Å²) in [7, 11) is 0. The van der Waals surface area contributed by atoms with Crippen LogP contribution < -0.4 is 27.4 Å². The van der Waals surface area contributed by atoms with Gasteiger partial charge in [0.1, 0.15) is 12.1 Å². The average Bonchev–Trinajstić information content (AvgIpc) is 2.74. The van der Waals surface area contributed by atoms with Crippen LogP contribution in [-0.2, 0) is 30.4 Å². The Hall–Kier alpha value is -3.47. The minimum Gasteiger partial charge on any atom is -0.480 e. The smallest absolute Gasteiger partial charge is 0.326 e. The molecule has 182 valence electrons. The molecule has 0 aliphatic heterocycles. The molecule has 0 saturated heterocycles. The Labute approximate surface area is 192 Å². The van der Waals surface area contributed by atoms with Gasteiger partial charge in [-0.2, -0.15) is 0 Å². The molecular formula is C22H33N5O6. The first kappa shape index (κ1) is 27.6. The van der Waals surface area contributed by atoms with Gasteiger partial charge >= 0.3 is 5.97 Å². The topological polar surface area (TPSA) is 194 Å². The number of carboxylic acid groups (broad SMARTS) is 1. The number of nitrogens with two attached hydrogens (primary N) is 2. The lowest BCUT2D eigenvalue weighted by Gasteiger charge is -2.23. The Morgan fingerprint density at radius 3 is 2.15 bits per heavy atom. The van der Waals surface area contributed by atoms with Crippen LogP contribution in [0.25, 0.3) is 0 Å². The van der Waals surface area contributed by atoms with Gasteiger partial charge in [0.25, 0.3) is 0 Å². The zero-order chi connectivity index (χ0) is 25.0. The van der Waals surface area contributed by atoms with E-state index in [0.29, 0.717) is 6.42 Å². The molecule has 0 fully saturated rings. The summed E-state index contributed by atoms with van der Waals surface area (Å²) in [6.45, 7) is 3.27. The van der Waals surface area contributed by atoms with Crippen LogP contribution in [0, 0.1) is 5.92 Å². The van der Waals surface area contributed by atoms with Crippen LogP contribution in [0.15, 0.2) is 30.3 Å². The standard InChI is InChI=1S/C22H33N5O6/c1-13(2)10-17(21(31)27-16(22(32)33)8-9-18(24)28)26-19(29)12-25-20(30)15(23)11-14-6-4-3-5-7-14/h3-7,13,15-17H,8-12,23H2,1-2H3,(H2,24,28)(H,25,30)(H,26,29)(H,27,31)(H,32,33). The zero-order valence-electron chi connectivity index (χ0n) is 18.9. The molecule has 1 rings (SSSR count). The summed E-state index contributed by atoms with van der Waals surface area (Å²) in [5.74, 6) is -3.86. The summed E-state index contributed by atoms with van der Waals surface area (Å²) in [4.78, 5) is 59.4. The lowest BCUT2D eigenvalue weighted by molar-refractivity contribution is -0.142. The van der Waals surface area contributed by atoms with Crippen LogP contribution in [0.1, 0.15) is 38.7 Å². The fraction of sp³-hybridized carbons (Fsp3) is 0.500. The summed E-state index contributed by atoms with van der Waals surface area (Å²) >= 11 is 0. The summed E-state index contributed by atoms with van der Waals surface area (Å²) in [5, 5.41) is 16.5. The predicted molar refractivity (Wildman–Crippen MR) is 121 cm³/mol. The molecule has 0 radical (unpaired) electrons. The van der Waals surface area contributed by atoms with Crippen LogP contribution in [0.2, 0.25) is 0 Å². The minimum atomic E-state index is -1.33. The molecule has 0 aliphatic rings. The van der Waals surface area contributed by atoms with Gasteiger partial charge in [-0.1, -0.05) is 44.2 Å². The molecule has 4 amide bonds. The largest absolute Gasteiger partial charge is 0.480 e. The van der Waals surface area contributed by atoms with Gasteiger partial charge in [-0.3, -0.25) is 19.2 Å². The highest BCUT2D eigenvalue weighted by molar-refractivity contribution is 5.92. The molecule has 0 aromatic heterocycles. The van der Waals surface area contributed by atoms with Crippen molar-refractivity contribution in [3.05, 3.63) is 35.9 Å². The first-order valence-corrected chi connectivity index (χ1v) is 10.7. The van der Waals surface area contributed by atoms with Gasteiger partial charge < -0.3 is 32.5 Å². The predicted octanol–water partition coefficient (Wildman–Crippen LogP) is -0.962. The molecule has 33 heavy (non-hydrogen) atoms. The van der Waals surface area contributed by atoms with Gasteiger partial charge in [0.05, 0.1) is 12.6 Å². The van der Waals surface area contributed by atoms with Crippen molar-refractivity contribution in [2.45, 2.75) is 57.7 Å². The average molecular weight is 464 g/mol. The van der Waals surface area contributed by atoms with Crippen LogP contribution in [-0.4, -0.2) is 59.4 Å². The van der Waals surface area contributed by atoms with Crippen molar-refractivity contribution < 1.29 is 29.1 Å². The molecule has 0 bridgehead atoms. The zero-order valence-corrected chi connectivity index (χ0v) is 18.9. The van der Waals surface area contributed by atoms with Gasteiger partial charge in [0.2, 0.25) is 23.6 Å². The maximum atomic E-state index is 12.6. The third-order valence-electron chi connectivity index (χ3n) is 4.71. The number of rotatable bonds is 14. The van der Waals surface area contributed by atoms with E-state index in [1.165, 1.54) is 0 Å². The molecule has 8 N–H and O–H groups in total. The third-order valence-corrected chi connectivity index (χ3v) is 4.71. The van der Waals surface area contributed by atoms with Gasteiger partial charge in [0, 0.05) is 6.42 Å². The van der Waals surface area contributed by atoms with E-state index in [9.17, 15) is 29.1 Å². The normalized spacial score (nSPS) is 13.5. The third kappa shape index (κ3) is 11.1. The lowest BCUT2D eigenvalue weighted by Crippen LogP contribution is -2.54. The Morgan fingerprint density at radius 1 is 0.970 bits per heavy atom. The van der Waals surface area contributed by atoms with E-state index in [4.69, 9.17) is 11.5 Å². The van der Waals surface area contributed by atoms with Crippen molar-refractivity contribution >= 4 is 29.6 Å². The Morgan fingerprint density at radius 2 is 1.61 bits per heavy atom. The van der Waals surface area contributed by atoms with E-state index in [1.807, 2.05) is 44.2 Å². The minimum absolute atomic E-state index is 0.00355. The van der Waals surface area contributed by atoms with Crippen LogP contribution >= 0.6 is 0 Å². The Kier molecular flexibility index (Phi) is 11.6. The summed E-state index contributed by atoms with van der Waals surface area (Å²) < 4.78 is 0. The number of nitrogens with one attached hydrogen (secondary N) is 3. The first-order valence-electron chi connectivity index (χ1n) is 10.7. The SMILES string of the molecule is CC(C)CC(NC(=O)CNC(=O)C(N)Cc1ccccc1)C(=O)NC(CCC(N)=O)C(=O)O. The monoisotopic (exact) mass is 463 g/mol. The summed E-state index contributed by atoms with van der Waals surface area (Å²) in [6, 6.07) is 5.98. The second-order valence-corrected chi connectivity index (χ2v) is 8.17. The van der Waals surface area contributed by atoms with Crippen molar-refractivity contribution in [1.29, 1.82) is 0 Å². The van der Waals surface area contributed by atoms with Gasteiger partial charge in [-0.05, 0) is 30.7 Å². The molecule has 3 unspecified atom stereocenters. The van der Waals surface area contributed by atoms with E-state index in [0.717, 1.165) is 5.56 Å². The quantitative estimate of drug-likeness (QED) is 0.204. The van der Waals surface area contributed by atoms with Gasteiger partial charge in [-0.25, -0.2) is 4.79 Å². The lowest BCUT2D eigenvalue weighted by atomic mass is 10.0. The van der Waals surface area contributed by atoms with Crippen LogP contribution in [0.5, 0.6) is 0 Å². The molecule has 1 aromatic rings. The number of hydrogen-bond donors (Lipinski definition) is 6. The fourth-order valence-electron chi connectivity index (χ4n) is 3.02. The molecule has 11 heteroatoms. The Balaban J connectivity index is 2.64. The Bertz CT molecular complexity index is 830. The molecular weight excluding hydrogens is 430 g/mol. The number of carbonyl (C=O) groups excluding carboxylic acids is 4. The first-order chi connectivity index (χ1) is 15.5. The molecule has 0 spiro atoms. The van der Waals surface area contributed by atoms with Crippen LogP contribution in [0.4, 0.5) is 0 Å². The second kappa shape index (κ2) is 13.8. The van der Waals surface area contributed by atoms with E-state index in [-0.39, 0.29) is 25.2 Å². The molecule has 1 aromatic carbocycles. The maximum absolute atomic E-state index is 12.6. The number of benzene rings is 1. The van der Waals surface area contributed by atoms with Gasteiger partial charge in [-0.15, -0.1) is 0 Å².